The molecule has 5 rings (SSSR count). The van der Waals surface area contributed by atoms with Gasteiger partial charge in [0.1, 0.15) is 12.4 Å². The number of rotatable bonds is 10. The highest BCUT2D eigenvalue weighted by Gasteiger charge is 2.31. The number of halogens is 3. The molecule has 1 saturated heterocycles. The van der Waals surface area contributed by atoms with Gasteiger partial charge in [-0.25, -0.2) is 14.8 Å². The number of aromatic nitrogens is 3. The Morgan fingerprint density at radius 1 is 1.07 bits per heavy atom. The van der Waals surface area contributed by atoms with Crippen molar-refractivity contribution >= 4 is 46.7 Å². The molecule has 0 saturated carbocycles. The van der Waals surface area contributed by atoms with Crippen molar-refractivity contribution in [1.29, 1.82) is 0 Å². The lowest BCUT2D eigenvalue weighted by molar-refractivity contribution is -0.142. The summed E-state index contributed by atoms with van der Waals surface area (Å²) in [4.78, 5) is 39.4. The van der Waals surface area contributed by atoms with E-state index < -0.39 is 29.7 Å². The average Bonchev–Trinajstić information content (AvgIpc) is 3.02. The number of amides is 1. The summed E-state index contributed by atoms with van der Waals surface area (Å²) in [5.41, 5.74) is 3.06. The minimum Gasteiger partial charge on any atom is -0.480 e. The number of carbonyl (C=O) groups is 2. The van der Waals surface area contributed by atoms with Crippen LogP contribution < -0.4 is 15.5 Å². The number of nitrogens with one attached hydrogen (secondary N) is 2. The van der Waals surface area contributed by atoms with Gasteiger partial charge in [-0.1, -0.05) is 53.5 Å². The molecule has 1 aliphatic rings. The van der Waals surface area contributed by atoms with Gasteiger partial charge in [-0.2, -0.15) is 4.39 Å². The number of carboxylic acids is 1. The molecule has 0 spiro atoms. The Morgan fingerprint density at radius 3 is 2.63 bits per heavy atom. The van der Waals surface area contributed by atoms with E-state index in [1.807, 2.05) is 24.3 Å². The van der Waals surface area contributed by atoms with E-state index in [-0.39, 0.29) is 31.1 Å². The zero-order chi connectivity index (χ0) is 30.3. The zero-order valence-corrected chi connectivity index (χ0v) is 24.5. The van der Waals surface area contributed by atoms with E-state index >= 15 is 4.39 Å². The highest BCUT2D eigenvalue weighted by Crippen LogP contribution is 2.31. The Balaban J connectivity index is 1.22. The maximum Gasteiger partial charge on any atom is 0.326 e. The third kappa shape index (κ3) is 7.57. The first-order valence-corrected chi connectivity index (χ1v) is 14.5. The Hall–Kier alpha value is -4.28. The van der Waals surface area contributed by atoms with Crippen LogP contribution in [0, 0.1) is 11.7 Å². The Kier molecular flexibility index (Phi) is 9.68. The van der Waals surface area contributed by atoms with Gasteiger partial charge < -0.3 is 20.6 Å². The van der Waals surface area contributed by atoms with E-state index in [4.69, 9.17) is 23.2 Å². The Morgan fingerprint density at radius 2 is 1.88 bits per heavy atom. The van der Waals surface area contributed by atoms with E-state index in [0.29, 0.717) is 29.4 Å². The summed E-state index contributed by atoms with van der Waals surface area (Å²) in [5, 5.41) is 16.6. The number of carbonyl (C=O) groups excluding carboxylic acids is 1. The maximum atomic E-state index is 15.4. The van der Waals surface area contributed by atoms with Crippen molar-refractivity contribution < 1.29 is 19.1 Å². The predicted octanol–water partition coefficient (Wildman–Crippen LogP) is 5.63. The van der Waals surface area contributed by atoms with Crippen LogP contribution in [0.4, 0.5) is 16.0 Å². The fraction of sp³-hybridized carbons (Fsp3) is 0.258. The summed E-state index contributed by atoms with van der Waals surface area (Å²) >= 11 is 12.4. The molecule has 1 fully saturated rings. The SMILES string of the molecule is O=C(NC(Cc1ccc(-c2cc(Cl)ccc2Cl)cc1)C(=O)O)C1CCCN(c2ncnc(NCc3ccccn3)c2F)C1. The number of anilines is 2. The monoisotopic (exact) mass is 622 g/mol. The zero-order valence-electron chi connectivity index (χ0n) is 23.0. The second-order valence-electron chi connectivity index (χ2n) is 10.2. The summed E-state index contributed by atoms with van der Waals surface area (Å²) in [6.45, 7) is 0.983. The number of hydrogen-bond donors (Lipinski definition) is 3. The number of aliphatic carboxylic acids is 1. The van der Waals surface area contributed by atoms with Gasteiger partial charge in [0.05, 0.1) is 18.2 Å². The predicted molar refractivity (Wildman–Crippen MR) is 164 cm³/mol. The van der Waals surface area contributed by atoms with Crippen LogP contribution in [-0.2, 0) is 22.6 Å². The number of piperidine rings is 1. The maximum absolute atomic E-state index is 15.4. The van der Waals surface area contributed by atoms with Gasteiger partial charge in [-0.15, -0.1) is 0 Å². The standard InChI is InChI=1S/C31H29Cl2FN6O3/c32-22-10-11-25(33)24(15-22)20-8-6-19(7-9-20)14-26(31(42)43)39-30(41)21-4-3-13-40(17-21)29-27(34)28(37-18-38-29)36-16-23-5-1-2-12-35-23/h1-2,5-12,15,18,21,26H,3-4,13-14,16-17H2,(H,39,41)(H,42,43)(H,36,37,38). The van der Waals surface area contributed by atoms with Crippen LogP contribution in [-0.4, -0.2) is 51.1 Å². The lowest BCUT2D eigenvalue weighted by Gasteiger charge is -2.33. The largest absolute Gasteiger partial charge is 0.480 e. The molecular formula is C31H29Cl2FN6O3. The lowest BCUT2D eigenvalue weighted by Crippen LogP contribution is -2.49. The van der Waals surface area contributed by atoms with Crippen LogP contribution in [0.25, 0.3) is 11.1 Å². The average molecular weight is 624 g/mol. The molecule has 0 radical (unpaired) electrons. The molecule has 0 aliphatic carbocycles. The number of pyridine rings is 1. The highest BCUT2D eigenvalue weighted by atomic mass is 35.5. The fourth-order valence-electron chi connectivity index (χ4n) is 5.03. The fourth-order valence-corrected chi connectivity index (χ4v) is 5.43. The van der Waals surface area contributed by atoms with Crippen molar-refractivity contribution in [3.8, 4) is 11.1 Å². The highest BCUT2D eigenvalue weighted by molar-refractivity contribution is 6.35. The van der Waals surface area contributed by atoms with Crippen molar-refractivity contribution in [3.05, 3.63) is 100 Å². The second kappa shape index (κ2) is 13.8. The topological polar surface area (TPSA) is 120 Å². The smallest absolute Gasteiger partial charge is 0.326 e. The molecule has 3 N–H and O–H groups in total. The molecule has 2 atom stereocenters. The summed E-state index contributed by atoms with van der Waals surface area (Å²) < 4.78 is 15.4. The molecule has 0 bridgehead atoms. The first-order valence-electron chi connectivity index (χ1n) is 13.7. The Labute approximate surface area is 258 Å². The summed E-state index contributed by atoms with van der Waals surface area (Å²) in [6, 6.07) is 16.8. The van der Waals surface area contributed by atoms with Gasteiger partial charge in [-0.3, -0.25) is 9.78 Å². The van der Waals surface area contributed by atoms with Crippen LogP contribution in [0.5, 0.6) is 0 Å². The molecule has 43 heavy (non-hydrogen) atoms. The number of hydrogen-bond acceptors (Lipinski definition) is 7. The van der Waals surface area contributed by atoms with E-state index in [1.54, 1.807) is 47.5 Å². The Bertz CT molecular complexity index is 1590. The quantitative estimate of drug-likeness (QED) is 0.208. The van der Waals surface area contributed by atoms with Gasteiger partial charge in [0.25, 0.3) is 0 Å². The molecule has 3 heterocycles. The van der Waals surface area contributed by atoms with E-state index in [2.05, 4.69) is 25.6 Å². The molecule has 1 aliphatic heterocycles. The molecular weight excluding hydrogens is 594 g/mol. The lowest BCUT2D eigenvalue weighted by atomic mass is 9.95. The minimum absolute atomic E-state index is 0.0387. The van der Waals surface area contributed by atoms with Crippen molar-refractivity contribution in [2.75, 3.05) is 23.3 Å². The van der Waals surface area contributed by atoms with Gasteiger partial charge in [0.2, 0.25) is 11.7 Å². The van der Waals surface area contributed by atoms with Crippen LogP contribution in [0.3, 0.4) is 0 Å². The van der Waals surface area contributed by atoms with E-state index in [1.165, 1.54) is 6.33 Å². The minimum atomic E-state index is -1.14. The number of carboxylic acid groups (broad SMARTS) is 1. The third-order valence-electron chi connectivity index (χ3n) is 7.27. The molecule has 2 aromatic heterocycles. The van der Waals surface area contributed by atoms with E-state index in [0.717, 1.165) is 22.4 Å². The van der Waals surface area contributed by atoms with Crippen LogP contribution in [0.1, 0.15) is 24.1 Å². The molecule has 9 nitrogen and oxygen atoms in total. The van der Waals surface area contributed by atoms with Crippen LogP contribution in [0.15, 0.2) is 73.2 Å². The van der Waals surface area contributed by atoms with Crippen LogP contribution >= 0.6 is 23.2 Å². The molecule has 222 valence electrons. The summed E-state index contributed by atoms with van der Waals surface area (Å²) in [5.74, 6) is -2.58. The van der Waals surface area contributed by atoms with Crippen LogP contribution in [0.2, 0.25) is 10.0 Å². The summed E-state index contributed by atoms with van der Waals surface area (Å²) in [6.07, 6.45) is 4.17. The second-order valence-corrected chi connectivity index (χ2v) is 11.1. The van der Waals surface area contributed by atoms with Gasteiger partial charge in [0.15, 0.2) is 11.6 Å². The first-order chi connectivity index (χ1) is 20.8. The van der Waals surface area contributed by atoms with Crippen molar-refractivity contribution in [2.24, 2.45) is 5.92 Å². The van der Waals surface area contributed by atoms with E-state index in [9.17, 15) is 14.7 Å². The summed E-state index contributed by atoms with van der Waals surface area (Å²) in [7, 11) is 0. The molecule has 1 amide bonds. The number of benzene rings is 2. The van der Waals surface area contributed by atoms with Crippen molar-refractivity contribution in [1.82, 2.24) is 20.3 Å². The number of nitrogens with zero attached hydrogens (tertiary/aromatic N) is 4. The third-order valence-corrected chi connectivity index (χ3v) is 7.84. The van der Waals surface area contributed by atoms with Gasteiger partial charge in [-0.05, 0) is 54.3 Å². The van der Waals surface area contributed by atoms with Crippen molar-refractivity contribution in [3.63, 3.8) is 0 Å². The first kappa shape index (κ1) is 30.2. The normalized spacial score (nSPS) is 15.5. The van der Waals surface area contributed by atoms with Gasteiger partial charge >= 0.3 is 5.97 Å². The molecule has 12 heteroatoms. The van der Waals surface area contributed by atoms with Crippen molar-refractivity contribution in [2.45, 2.75) is 31.8 Å². The molecule has 4 aromatic rings. The molecule has 2 aromatic carbocycles. The van der Waals surface area contributed by atoms with Gasteiger partial charge in [0, 0.05) is 41.3 Å². The molecule has 2 unspecified atom stereocenters.